The minimum atomic E-state index is -1.30. The fraction of sp³-hybridized carbons (Fsp3) is 1.00. The highest BCUT2D eigenvalue weighted by atomic mass is 35.5. The molecule has 11 heavy (non-hydrogen) atoms. The number of alkyl halides is 1. The normalized spacial score (nSPS) is 42.7. The summed E-state index contributed by atoms with van der Waals surface area (Å²) in [7, 11) is 1.75. The van der Waals surface area contributed by atoms with Crippen molar-refractivity contribution >= 4 is 22.9 Å². The molecular formula is C6H12ClNO2S. The first kappa shape index (κ1) is 9.45. The highest BCUT2D eigenvalue weighted by molar-refractivity contribution is 7.78. The number of halogens is 1. The lowest BCUT2D eigenvalue weighted by atomic mass is 10.1. The average molecular weight is 198 g/mol. The Morgan fingerprint density at radius 1 is 1.73 bits per heavy atom. The van der Waals surface area contributed by atoms with Gasteiger partial charge in [0.1, 0.15) is 0 Å². The summed E-state index contributed by atoms with van der Waals surface area (Å²) in [5, 5.41) is -0.0403. The number of rotatable bonds is 1. The van der Waals surface area contributed by atoms with Crippen LogP contribution in [-0.4, -0.2) is 33.1 Å². The van der Waals surface area contributed by atoms with Gasteiger partial charge in [0.15, 0.2) is 0 Å². The van der Waals surface area contributed by atoms with Crippen molar-refractivity contribution in [3.63, 3.8) is 0 Å². The molecule has 3 nitrogen and oxygen atoms in total. The number of nitrogens with zero attached hydrogens (tertiary/aromatic N) is 1. The lowest BCUT2D eigenvalue weighted by Gasteiger charge is -2.19. The number of hydrogen-bond acceptors (Lipinski definition) is 2. The molecule has 0 spiro atoms. The van der Waals surface area contributed by atoms with Crippen LogP contribution in [-0.2, 0) is 15.4 Å². The van der Waals surface area contributed by atoms with Crippen molar-refractivity contribution in [3.05, 3.63) is 0 Å². The Bertz CT molecular complexity index is 176. The topological polar surface area (TPSA) is 29.5 Å². The average Bonchev–Trinajstić information content (AvgIpc) is 2.07. The van der Waals surface area contributed by atoms with Gasteiger partial charge >= 0.3 is 0 Å². The molecule has 66 valence electrons. The fourth-order valence-corrected chi connectivity index (χ4v) is 2.82. The van der Waals surface area contributed by atoms with Gasteiger partial charge < -0.3 is 0 Å². The van der Waals surface area contributed by atoms with Gasteiger partial charge in [0, 0.05) is 12.4 Å². The molecule has 1 heterocycles. The molecule has 5 heteroatoms. The molecule has 0 aliphatic carbocycles. The predicted octanol–water partition coefficient (Wildman–Crippen LogP) is 0.912. The Labute approximate surface area is 74.5 Å². The summed E-state index contributed by atoms with van der Waals surface area (Å²) in [6.07, 6.45) is -0.0478. The molecule has 4 atom stereocenters. The van der Waals surface area contributed by atoms with Gasteiger partial charge in [-0.3, -0.25) is 4.18 Å². The smallest absolute Gasteiger partial charge is 0.237 e. The molecule has 0 radical (unpaired) electrons. The minimum Gasteiger partial charge on any atom is -0.273 e. The lowest BCUT2D eigenvalue weighted by Crippen LogP contribution is -2.37. The summed E-state index contributed by atoms with van der Waals surface area (Å²) in [4.78, 5) is 0. The van der Waals surface area contributed by atoms with E-state index in [-0.39, 0.29) is 17.5 Å². The van der Waals surface area contributed by atoms with E-state index in [2.05, 4.69) is 0 Å². The predicted molar refractivity (Wildman–Crippen MR) is 45.6 cm³/mol. The van der Waals surface area contributed by atoms with Crippen molar-refractivity contribution in [1.82, 2.24) is 4.31 Å². The number of hydrogen-bond donors (Lipinski definition) is 0. The second-order valence-corrected chi connectivity index (χ2v) is 4.62. The van der Waals surface area contributed by atoms with E-state index in [1.807, 2.05) is 13.8 Å². The molecule has 0 aromatic rings. The van der Waals surface area contributed by atoms with E-state index >= 15 is 0 Å². The Hall–Kier alpha value is 0.360. The van der Waals surface area contributed by atoms with E-state index in [0.717, 1.165) is 0 Å². The van der Waals surface area contributed by atoms with Crippen LogP contribution in [0.1, 0.15) is 13.8 Å². The summed E-state index contributed by atoms with van der Waals surface area (Å²) in [6, 6.07) is 0.0532. The van der Waals surface area contributed by atoms with E-state index in [4.69, 9.17) is 15.8 Å². The van der Waals surface area contributed by atoms with E-state index in [0.29, 0.717) is 0 Å². The van der Waals surface area contributed by atoms with E-state index in [1.54, 1.807) is 11.4 Å². The van der Waals surface area contributed by atoms with Gasteiger partial charge in [-0.25, -0.2) is 4.21 Å². The molecule has 1 aliphatic heterocycles. The molecule has 1 fully saturated rings. The molecule has 0 aromatic heterocycles. The molecule has 1 aliphatic rings. The van der Waals surface area contributed by atoms with Gasteiger partial charge in [-0.15, -0.1) is 11.6 Å². The van der Waals surface area contributed by atoms with Crippen LogP contribution in [0.25, 0.3) is 0 Å². The van der Waals surface area contributed by atoms with Gasteiger partial charge in [-0.2, -0.15) is 4.31 Å². The SMILES string of the molecule is C[C@H](Cl)[C@@H]1[C@H](C)OS(=O)N1C. The van der Waals surface area contributed by atoms with Crippen molar-refractivity contribution in [1.29, 1.82) is 0 Å². The zero-order valence-corrected chi connectivity index (χ0v) is 8.35. The Kier molecular flexibility index (Phi) is 2.91. The Balaban J connectivity index is 2.71. The van der Waals surface area contributed by atoms with Crippen LogP contribution in [0.3, 0.4) is 0 Å². The molecule has 1 saturated heterocycles. The first-order valence-electron chi connectivity index (χ1n) is 3.50. The standard InChI is InChI=1S/C6H12ClNO2S/c1-4(7)6-5(2)10-11(9)8(6)3/h4-6H,1-3H3/t4-,5-,6+,11?/m0/s1. The van der Waals surface area contributed by atoms with Gasteiger partial charge in [0.2, 0.25) is 11.3 Å². The number of likely N-dealkylation sites (N-methyl/N-ethyl adjacent to an activating group) is 1. The van der Waals surface area contributed by atoms with Gasteiger partial charge in [0.05, 0.1) is 12.1 Å². The Morgan fingerprint density at radius 2 is 2.27 bits per heavy atom. The summed E-state index contributed by atoms with van der Waals surface area (Å²) in [6.45, 7) is 3.76. The zero-order chi connectivity index (χ0) is 8.59. The van der Waals surface area contributed by atoms with Crippen LogP contribution >= 0.6 is 11.6 Å². The molecular weight excluding hydrogens is 186 g/mol. The molecule has 0 N–H and O–H groups in total. The third-order valence-electron chi connectivity index (χ3n) is 1.84. The van der Waals surface area contributed by atoms with E-state index in [9.17, 15) is 4.21 Å². The van der Waals surface area contributed by atoms with Crippen LogP contribution in [0, 0.1) is 0 Å². The molecule has 0 saturated carbocycles. The van der Waals surface area contributed by atoms with Crippen LogP contribution in [0.5, 0.6) is 0 Å². The molecule has 0 amide bonds. The van der Waals surface area contributed by atoms with E-state index in [1.165, 1.54) is 0 Å². The van der Waals surface area contributed by atoms with Gasteiger partial charge in [0.25, 0.3) is 0 Å². The highest BCUT2D eigenvalue weighted by Crippen LogP contribution is 2.24. The van der Waals surface area contributed by atoms with Crippen molar-refractivity contribution in [3.8, 4) is 0 Å². The second-order valence-electron chi connectivity index (χ2n) is 2.73. The Morgan fingerprint density at radius 3 is 2.45 bits per heavy atom. The molecule has 0 bridgehead atoms. The first-order chi connectivity index (χ1) is 5.04. The fourth-order valence-electron chi connectivity index (χ4n) is 1.31. The van der Waals surface area contributed by atoms with Crippen molar-refractivity contribution in [2.75, 3.05) is 7.05 Å². The van der Waals surface area contributed by atoms with Crippen molar-refractivity contribution in [2.24, 2.45) is 0 Å². The highest BCUT2D eigenvalue weighted by Gasteiger charge is 2.38. The molecule has 0 aromatic carbocycles. The summed E-state index contributed by atoms with van der Waals surface area (Å²) in [5.41, 5.74) is 0. The summed E-state index contributed by atoms with van der Waals surface area (Å²) in [5.74, 6) is 0. The first-order valence-corrected chi connectivity index (χ1v) is 4.96. The maximum Gasteiger partial charge on any atom is 0.237 e. The quantitative estimate of drug-likeness (QED) is 0.585. The monoisotopic (exact) mass is 197 g/mol. The largest absolute Gasteiger partial charge is 0.273 e. The summed E-state index contributed by atoms with van der Waals surface area (Å²) >= 11 is 4.58. The van der Waals surface area contributed by atoms with Crippen LogP contribution in [0.2, 0.25) is 0 Å². The van der Waals surface area contributed by atoms with Gasteiger partial charge in [-0.1, -0.05) is 0 Å². The van der Waals surface area contributed by atoms with Crippen molar-refractivity contribution < 1.29 is 8.39 Å². The minimum absolute atomic E-state index is 0.0403. The second kappa shape index (κ2) is 3.39. The summed E-state index contributed by atoms with van der Waals surface area (Å²) < 4.78 is 17.8. The molecule has 1 unspecified atom stereocenters. The van der Waals surface area contributed by atoms with Crippen molar-refractivity contribution in [2.45, 2.75) is 31.4 Å². The lowest BCUT2D eigenvalue weighted by molar-refractivity contribution is 0.222. The molecule has 1 rings (SSSR count). The van der Waals surface area contributed by atoms with Crippen LogP contribution in [0.15, 0.2) is 0 Å². The maximum atomic E-state index is 11.1. The maximum absolute atomic E-state index is 11.1. The van der Waals surface area contributed by atoms with Crippen LogP contribution < -0.4 is 0 Å². The third kappa shape index (κ3) is 1.75. The zero-order valence-electron chi connectivity index (χ0n) is 6.78. The van der Waals surface area contributed by atoms with Crippen LogP contribution in [0.4, 0.5) is 0 Å². The third-order valence-corrected chi connectivity index (χ3v) is 3.28. The van der Waals surface area contributed by atoms with Gasteiger partial charge in [-0.05, 0) is 13.8 Å². The van der Waals surface area contributed by atoms with E-state index < -0.39 is 11.3 Å².